The number of aromatic nitrogens is 2. The van der Waals surface area contributed by atoms with Gasteiger partial charge in [0, 0.05) is 7.05 Å². The third kappa shape index (κ3) is 2.23. The number of benzene rings is 1. The smallest absolute Gasteiger partial charge is 0.267 e. The molecule has 21 heavy (non-hydrogen) atoms. The summed E-state index contributed by atoms with van der Waals surface area (Å²) in [5, 5.41) is 4.18. The van der Waals surface area contributed by atoms with E-state index in [0.29, 0.717) is 11.3 Å². The number of amides is 1. The van der Waals surface area contributed by atoms with Crippen LogP contribution >= 0.6 is 0 Å². The number of hydrogen-bond acceptors (Lipinski definition) is 4. The molecule has 3 rings (SSSR count). The van der Waals surface area contributed by atoms with Crippen LogP contribution in [0, 0.1) is 6.92 Å². The van der Waals surface area contributed by atoms with Gasteiger partial charge in [0.25, 0.3) is 10.0 Å². The lowest BCUT2D eigenvalue weighted by Gasteiger charge is -2.28. The molecule has 0 radical (unpaired) electrons. The number of carbonyl (C=O) groups is 1. The second-order valence-corrected chi connectivity index (χ2v) is 6.92. The summed E-state index contributed by atoms with van der Waals surface area (Å²) in [5.74, 6) is -0.410. The molecular weight excluding hydrogens is 290 g/mol. The standard InChI is InChI=1S/C14H15N3O3S/c1-10-7-12(16(2)15-10)9-17-14(18)8-11-5-3-4-6-13(11)21(17,19)20/h3-7H,8-9H2,1-2H3. The molecule has 0 atom stereocenters. The van der Waals surface area contributed by atoms with E-state index >= 15 is 0 Å². The van der Waals surface area contributed by atoms with Crippen LogP contribution in [-0.4, -0.2) is 28.4 Å². The van der Waals surface area contributed by atoms with Crippen LogP contribution in [0.3, 0.4) is 0 Å². The zero-order valence-corrected chi connectivity index (χ0v) is 12.6. The van der Waals surface area contributed by atoms with E-state index in [-0.39, 0.29) is 17.9 Å². The highest BCUT2D eigenvalue weighted by Gasteiger charge is 2.36. The van der Waals surface area contributed by atoms with Crippen LogP contribution in [0.5, 0.6) is 0 Å². The molecule has 2 aromatic rings. The van der Waals surface area contributed by atoms with Crippen LogP contribution in [0.4, 0.5) is 0 Å². The summed E-state index contributed by atoms with van der Waals surface area (Å²) in [6, 6.07) is 8.40. The van der Waals surface area contributed by atoms with Crippen molar-refractivity contribution in [3.8, 4) is 0 Å². The Morgan fingerprint density at radius 2 is 2.00 bits per heavy atom. The van der Waals surface area contributed by atoms with Crippen molar-refractivity contribution in [2.75, 3.05) is 0 Å². The summed E-state index contributed by atoms with van der Waals surface area (Å²) in [7, 11) is -2.06. The summed E-state index contributed by atoms with van der Waals surface area (Å²) in [6.45, 7) is 1.83. The maximum absolute atomic E-state index is 12.6. The normalized spacial score (nSPS) is 16.9. The van der Waals surface area contributed by atoms with Crippen LogP contribution in [-0.2, 0) is 34.8 Å². The molecule has 0 N–H and O–H groups in total. The number of rotatable bonds is 2. The van der Waals surface area contributed by atoms with Gasteiger partial charge in [0.2, 0.25) is 5.91 Å². The summed E-state index contributed by atoms with van der Waals surface area (Å²) in [6.07, 6.45) is 0.103. The Balaban J connectivity index is 2.04. The second kappa shape index (κ2) is 4.70. The lowest BCUT2D eigenvalue weighted by atomic mass is 10.1. The van der Waals surface area contributed by atoms with Gasteiger partial charge in [-0.25, -0.2) is 12.7 Å². The highest BCUT2D eigenvalue weighted by atomic mass is 32.2. The molecule has 7 heteroatoms. The Morgan fingerprint density at radius 1 is 1.29 bits per heavy atom. The van der Waals surface area contributed by atoms with E-state index < -0.39 is 15.9 Å². The number of nitrogens with zero attached hydrogens (tertiary/aromatic N) is 3. The lowest BCUT2D eigenvalue weighted by Crippen LogP contribution is -2.41. The Bertz CT molecular complexity index is 824. The van der Waals surface area contributed by atoms with Gasteiger partial charge >= 0.3 is 0 Å². The van der Waals surface area contributed by atoms with E-state index in [1.165, 1.54) is 0 Å². The lowest BCUT2D eigenvalue weighted by molar-refractivity contribution is -0.126. The minimum Gasteiger partial charge on any atom is -0.273 e. The van der Waals surface area contributed by atoms with Crippen LogP contribution in [0.15, 0.2) is 35.2 Å². The van der Waals surface area contributed by atoms with Crippen molar-refractivity contribution >= 4 is 15.9 Å². The number of carbonyl (C=O) groups excluding carboxylic acids is 1. The van der Waals surface area contributed by atoms with Gasteiger partial charge in [-0.05, 0) is 24.6 Å². The van der Waals surface area contributed by atoms with Crippen LogP contribution < -0.4 is 0 Å². The molecular formula is C14H15N3O3S. The molecule has 0 saturated heterocycles. The van der Waals surface area contributed by atoms with E-state index in [2.05, 4.69) is 5.10 Å². The number of fused-ring (bicyclic) bond motifs is 1. The molecule has 0 saturated carbocycles. The van der Waals surface area contributed by atoms with Gasteiger partial charge in [0.1, 0.15) is 0 Å². The van der Waals surface area contributed by atoms with Crippen LogP contribution in [0.1, 0.15) is 17.0 Å². The first-order valence-electron chi connectivity index (χ1n) is 6.52. The van der Waals surface area contributed by atoms with Crippen molar-refractivity contribution in [1.29, 1.82) is 0 Å². The monoisotopic (exact) mass is 305 g/mol. The number of sulfonamides is 1. The maximum Gasteiger partial charge on any atom is 0.267 e. The van der Waals surface area contributed by atoms with Gasteiger partial charge in [-0.3, -0.25) is 9.48 Å². The van der Waals surface area contributed by atoms with Crippen molar-refractivity contribution in [2.24, 2.45) is 7.05 Å². The third-order valence-electron chi connectivity index (χ3n) is 3.56. The van der Waals surface area contributed by atoms with E-state index in [4.69, 9.17) is 0 Å². The average Bonchev–Trinajstić information content (AvgIpc) is 2.73. The Labute approximate surface area is 123 Å². The molecule has 1 aliphatic rings. The molecule has 0 unspecified atom stereocenters. The van der Waals surface area contributed by atoms with Crippen molar-refractivity contribution in [3.05, 3.63) is 47.3 Å². The summed E-state index contributed by atoms with van der Waals surface area (Å²) in [5.41, 5.74) is 2.03. The summed E-state index contributed by atoms with van der Waals surface area (Å²) in [4.78, 5) is 12.4. The summed E-state index contributed by atoms with van der Waals surface area (Å²) >= 11 is 0. The number of aryl methyl sites for hydroxylation is 2. The second-order valence-electron chi connectivity index (χ2n) is 5.09. The van der Waals surface area contributed by atoms with Crippen molar-refractivity contribution in [1.82, 2.24) is 14.1 Å². The quantitative estimate of drug-likeness (QED) is 0.830. The Hall–Kier alpha value is -2.15. The first kappa shape index (κ1) is 13.8. The predicted octanol–water partition coefficient (Wildman–Crippen LogP) is 1.00. The van der Waals surface area contributed by atoms with Gasteiger partial charge in [-0.1, -0.05) is 18.2 Å². The molecule has 2 heterocycles. The molecule has 1 amide bonds. The van der Waals surface area contributed by atoms with Gasteiger partial charge in [-0.15, -0.1) is 0 Å². The van der Waals surface area contributed by atoms with Crippen molar-refractivity contribution in [3.63, 3.8) is 0 Å². The van der Waals surface area contributed by atoms with Crippen molar-refractivity contribution in [2.45, 2.75) is 24.8 Å². The van der Waals surface area contributed by atoms with Gasteiger partial charge in [0.15, 0.2) is 0 Å². The zero-order chi connectivity index (χ0) is 15.2. The molecule has 110 valence electrons. The van der Waals surface area contributed by atoms with Crippen LogP contribution in [0.2, 0.25) is 0 Å². The van der Waals surface area contributed by atoms with Gasteiger partial charge in [0.05, 0.1) is 29.2 Å². The van der Waals surface area contributed by atoms with Crippen LogP contribution in [0.25, 0.3) is 0 Å². The van der Waals surface area contributed by atoms with E-state index in [1.807, 2.05) is 6.92 Å². The Morgan fingerprint density at radius 3 is 2.67 bits per heavy atom. The first-order chi connectivity index (χ1) is 9.89. The summed E-state index contributed by atoms with van der Waals surface area (Å²) < 4.78 is 27.8. The molecule has 1 aliphatic heterocycles. The van der Waals surface area contributed by atoms with Gasteiger partial charge < -0.3 is 0 Å². The molecule has 1 aromatic carbocycles. The third-order valence-corrected chi connectivity index (χ3v) is 5.43. The minimum absolute atomic E-state index is 0.00679. The number of hydrogen-bond donors (Lipinski definition) is 0. The minimum atomic E-state index is -3.80. The highest BCUT2D eigenvalue weighted by Crippen LogP contribution is 2.28. The molecule has 0 bridgehead atoms. The zero-order valence-electron chi connectivity index (χ0n) is 11.8. The molecule has 0 spiro atoms. The average molecular weight is 305 g/mol. The van der Waals surface area contributed by atoms with Gasteiger partial charge in [-0.2, -0.15) is 5.10 Å². The van der Waals surface area contributed by atoms with E-state index in [1.54, 1.807) is 42.1 Å². The fraction of sp³-hybridized carbons (Fsp3) is 0.286. The fourth-order valence-corrected chi connectivity index (χ4v) is 4.13. The molecule has 0 fully saturated rings. The topological polar surface area (TPSA) is 72.3 Å². The fourth-order valence-electron chi connectivity index (χ4n) is 2.54. The molecule has 0 aliphatic carbocycles. The Kier molecular flexibility index (Phi) is 3.09. The highest BCUT2D eigenvalue weighted by molar-refractivity contribution is 7.89. The van der Waals surface area contributed by atoms with Crippen molar-refractivity contribution < 1.29 is 13.2 Å². The predicted molar refractivity (Wildman–Crippen MR) is 75.8 cm³/mol. The SMILES string of the molecule is Cc1cc(CN2C(=O)Cc3ccccc3S2(=O)=O)n(C)n1. The molecule has 1 aromatic heterocycles. The van der Waals surface area contributed by atoms with E-state index in [9.17, 15) is 13.2 Å². The largest absolute Gasteiger partial charge is 0.273 e. The molecule has 6 nitrogen and oxygen atoms in total. The maximum atomic E-state index is 12.6. The van der Waals surface area contributed by atoms with E-state index in [0.717, 1.165) is 10.00 Å². The first-order valence-corrected chi connectivity index (χ1v) is 7.96.